The highest BCUT2D eigenvalue weighted by atomic mass is 35.5. The molecule has 2 aromatic rings. The lowest BCUT2D eigenvalue weighted by Gasteiger charge is -2.55. The second-order valence-electron chi connectivity index (χ2n) is 7.09. The van der Waals surface area contributed by atoms with Gasteiger partial charge in [0, 0.05) is 36.8 Å². The molecule has 1 N–H and O–H groups in total. The molecule has 23 heavy (non-hydrogen) atoms. The molecule has 3 nitrogen and oxygen atoms in total. The average molecular weight is 330 g/mol. The van der Waals surface area contributed by atoms with Crippen molar-refractivity contribution < 1.29 is 0 Å². The van der Waals surface area contributed by atoms with Crippen molar-refractivity contribution in [2.75, 3.05) is 0 Å². The maximum Gasteiger partial charge on any atom is 0.0945 e. The molecule has 2 unspecified atom stereocenters. The lowest BCUT2D eigenvalue weighted by molar-refractivity contribution is 0.0251. The second-order valence-corrected chi connectivity index (χ2v) is 7.53. The quantitative estimate of drug-likeness (QED) is 0.913. The van der Waals surface area contributed by atoms with Crippen LogP contribution in [0.25, 0.3) is 0 Å². The van der Waals surface area contributed by atoms with E-state index in [-0.39, 0.29) is 0 Å². The summed E-state index contributed by atoms with van der Waals surface area (Å²) in [5.74, 6) is 2.30. The van der Waals surface area contributed by atoms with Crippen LogP contribution in [-0.4, -0.2) is 15.6 Å². The van der Waals surface area contributed by atoms with Crippen molar-refractivity contribution in [2.45, 2.75) is 44.2 Å². The van der Waals surface area contributed by atoms with Crippen LogP contribution < -0.4 is 5.32 Å². The molecule has 2 aliphatic carbocycles. The molecular weight excluding hydrogens is 306 g/mol. The van der Waals surface area contributed by atoms with Crippen LogP contribution in [0.2, 0.25) is 5.02 Å². The van der Waals surface area contributed by atoms with Crippen LogP contribution in [0.1, 0.15) is 42.9 Å². The molecule has 1 heterocycles. The highest BCUT2D eigenvalue weighted by Gasteiger charge is 2.50. The van der Waals surface area contributed by atoms with Crippen molar-refractivity contribution in [1.82, 2.24) is 14.9 Å². The van der Waals surface area contributed by atoms with Gasteiger partial charge < -0.3 is 9.88 Å². The second kappa shape index (κ2) is 6.29. The Balaban J connectivity index is 1.52. The summed E-state index contributed by atoms with van der Waals surface area (Å²) in [7, 11) is 2.06. The van der Waals surface area contributed by atoms with E-state index in [0.717, 1.165) is 23.4 Å². The summed E-state index contributed by atoms with van der Waals surface area (Å²) in [5, 5.41) is 4.66. The molecule has 0 aliphatic heterocycles. The maximum absolute atomic E-state index is 6.07. The first-order valence-electron chi connectivity index (χ1n) is 8.68. The molecule has 0 bridgehead atoms. The summed E-state index contributed by atoms with van der Waals surface area (Å²) in [4.78, 5) is 4.22. The summed E-state index contributed by atoms with van der Waals surface area (Å²) in [6, 6.07) is 9.08. The van der Waals surface area contributed by atoms with Crippen molar-refractivity contribution in [3.05, 3.63) is 53.1 Å². The van der Waals surface area contributed by atoms with Gasteiger partial charge in [-0.1, -0.05) is 36.6 Å². The summed E-state index contributed by atoms with van der Waals surface area (Å²) in [6.45, 7) is 0.897. The van der Waals surface area contributed by atoms with Gasteiger partial charge in [0.25, 0.3) is 0 Å². The van der Waals surface area contributed by atoms with Crippen molar-refractivity contribution >= 4 is 11.6 Å². The summed E-state index contributed by atoms with van der Waals surface area (Å²) in [6.07, 6.45) is 9.36. The van der Waals surface area contributed by atoms with Crippen LogP contribution in [0.15, 0.2) is 36.8 Å². The molecule has 2 aliphatic rings. The van der Waals surface area contributed by atoms with Gasteiger partial charge in [0.15, 0.2) is 0 Å². The number of hydrogen-bond donors (Lipinski definition) is 1. The number of aromatic nitrogens is 2. The summed E-state index contributed by atoms with van der Waals surface area (Å²) < 4.78 is 2.10. The largest absolute Gasteiger partial charge is 0.337 e. The molecule has 0 spiro atoms. The Morgan fingerprint density at radius 2 is 1.91 bits per heavy atom. The fourth-order valence-electron chi connectivity index (χ4n) is 4.66. The van der Waals surface area contributed by atoms with Gasteiger partial charge in [-0.05, 0) is 42.4 Å². The third-order valence-electron chi connectivity index (χ3n) is 5.87. The molecule has 0 amide bonds. The molecule has 0 radical (unpaired) electrons. The predicted molar refractivity (Wildman–Crippen MR) is 93.5 cm³/mol. The number of fused-ring (bicyclic) bond motifs is 1. The minimum Gasteiger partial charge on any atom is -0.337 e. The fourth-order valence-corrected chi connectivity index (χ4v) is 4.79. The number of nitrogens with one attached hydrogen (secondary N) is 1. The fraction of sp³-hybridized carbons (Fsp3) is 0.526. The molecule has 1 aromatic carbocycles. The zero-order valence-electron chi connectivity index (χ0n) is 13.6. The molecule has 122 valence electrons. The maximum atomic E-state index is 6.07. The normalized spacial score (nSPS) is 29.8. The Hall–Kier alpha value is -1.32. The third-order valence-corrected chi connectivity index (χ3v) is 6.13. The van der Waals surface area contributed by atoms with Gasteiger partial charge in [-0.3, -0.25) is 0 Å². The van der Waals surface area contributed by atoms with Crippen molar-refractivity contribution in [3.8, 4) is 0 Å². The molecule has 2 fully saturated rings. The zero-order valence-corrected chi connectivity index (χ0v) is 14.3. The van der Waals surface area contributed by atoms with E-state index in [0.29, 0.717) is 12.0 Å². The van der Waals surface area contributed by atoms with E-state index in [2.05, 4.69) is 34.0 Å². The van der Waals surface area contributed by atoms with E-state index in [1.54, 1.807) is 0 Å². The molecule has 2 saturated carbocycles. The Kier molecular flexibility index (Phi) is 4.16. The van der Waals surface area contributed by atoms with Crippen molar-refractivity contribution in [3.63, 3.8) is 0 Å². The van der Waals surface area contributed by atoms with E-state index in [9.17, 15) is 0 Å². The number of aryl methyl sites for hydroxylation is 1. The van der Waals surface area contributed by atoms with Crippen molar-refractivity contribution in [1.29, 1.82) is 0 Å². The SMILES string of the molecule is Cn1cncc1CN[C@H]1C2CCCCC2[C@@H]1c1ccc(Cl)cc1. The third kappa shape index (κ3) is 2.81. The number of imidazole rings is 1. The minimum absolute atomic E-state index is 0.580. The number of benzene rings is 1. The zero-order chi connectivity index (χ0) is 15.8. The van der Waals surface area contributed by atoms with E-state index in [1.165, 1.54) is 36.9 Å². The number of nitrogens with zero attached hydrogens (tertiary/aromatic N) is 2. The lowest BCUT2D eigenvalue weighted by atomic mass is 9.53. The van der Waals surface area contributed by atoms with E-state index in [4.69, 9.17) is 11.6 Å². The standard InChI is InChI=1S/C19H24ClN3/c1-23-12-21-10-15(23)11-22-19-17-5-3-2-4-16(17)18(19)13-6-8-14(20)9-7-13/h6-10,12,16-19,22H,2-5,11H2,1H3/t16?,17?,18-,19-/m0/s1. The van der Waals surface area contributed by atoms with Crippen LogP contribution in [0, 0.1) is 11.8 Å². The number of rotatable bonds is 4. The summed E-state index contributed by atoms with van der Waals surface area (Å²) >= 11 is 6.07. The van der Waals surface area contributed by atoms with Crippen LogP contribution in [0.3, 0.4) is 0 Å². The monoisotopic (exact) mass is 329 g/mol. The number of hydrogen-bond acceptors (Lipinski definition) is 2. The molecule has 4 atom stereocenters. The van der Waals surface area contributed by atoms with Gasteiger partial charge in [0.05, 0.1) is 12.0 Å². The highest BCUT2D eigenvalue weighted by Crippen LogP contribution is 2.54. The topological polar surface area (TPSA) is 29.9 Å². The van der Waals surface area contributed by atoms with E-state index < -0.39 is 0 Å². The Morgan fingerprint density at radius 3 is 2.61 bits per heavy atom. The first kappa shape index (κ1) is 15.2. The molecule has 1 aromatic heterocycles. The Morgan fingerprint density at radius 1 is 1.17 bits per heavy atom. The predicted octanol–water partition coefficient (Wildman–Crippen LogP) is 4.14. The van der Waals surface area contributed by atoms with E-state index >= 15 is 0 Å². The van der Waals surface area contributed by atoms with Gasteiger partial charge in [0.2, 0.25) is 0 Å². The van der Waals surface area contributed by atoms with Crippen LogP contribution >= 0.6 is 11.6 Å². The number of halogens is 1. The van der Waals surface area contributed by atoms with Crippen LogP contribution in [0.4, 0.5) is 0 Å². The Bertz CT molecular complexity index is 664. The smallest absolute Gasteiger partial charge is 0.0945 e. The van der Waals surface area contributed by atoms with Gasteiger partial charge in [0.1, 0.15) is 0 Å². The van der Waals surface area contributed by atoms with Crippen molar-refractivity contribution in [2.24, 2.45) is 18.9 Å². The summed E-state index contributed by atoms with van der Waals surface area (Å²) in [5.41, 5.74) is 2.69. The molecule has 4 rings (SSSR count). The van der Waals surface area contributed by atoms with Gasteiger partial charge in [-0.25, -0.2) is 4.98 Å². The van der Waals surface area contributed by atoms with Gasteiger partial charge in [-0.2, -0.15) is 0 Å². The average Bonchev–Trinajstić information content (AvgIpc) is 2.96. The highest BCUT2D eigenvalue weighted by molar-refractivity contribution is 6.30. The molecular formula is C19H24ClN3. The van der Waals surface area contributed by atoms with Gasteiger partial charge >= 0.3 is 0 Å². The van der Waals surface area contributed by atoms with E-state index in [1.807, 2.05) is 24.7 Å². The van der Waals surface area contributed by atoms with Crippen LogP contribution in [0.5, 0.6) is 0 Å². The minimum atomic E-state index is 0.580. The molecule has 4 heteroatoms. The molecule has 0 saturated heterocycles. The first-order chi connectivity index (χ1) is 11.2. The Labute approximate surface area is 143 Å². The van der Waals surface area contributed by atoms with Gasteiger partial charge in [-0.15, -0.1) is 0 Å². The first-order valence-corrected chi connectivity index (χ1v) is 9.06. The van der Waals surface area contributed by atoms with Crippen LogP contribution in [-0.2, 0) is 13.6 Å². The lowest BCUT2D eigenvalue weighted by Crippen LogP contribution is -2.57.